The molecule has 36 heavy (non-hydrogen) atoms. The summed E-state index contributed by atoms with van der Waals surface area (Å²) in [7, 11) is 0. The molecule has 0 radical (unpaired) electrons. The number of carbonyl (C=O) groups is 1. The average molecular weight is 511 g/mol. The Morgan fingerprint density at radius 3 is 2.03 bits per heavy atom. The first-order valence-corrected chi connectivity index (χ1v) is 13.8. The lowest BCUT2D eigenvalue weighted by Gasteiger charge is -2.32. The second kappa shape index (κ2) is 10.1. The van der Waals surface area contributed by atoms with Crippen LogP contribution in [0.2, 0.25) is 0 Å². The Bertz CT molecular complexity index is 1140. The van der Waals surface area contributed by atoms with Crippen molar-refractivity contribution in [1.82, 2.24) is 4.90 Å². The molecule has 5 rings (SSSR count). The summed E-state index contributed by atoms with van der Waals surface area (Å²) in [5, 5.41) is 3.74. The van der Waals surface area contributed by atoms with Gasteiger partial charge in [0.2, 0.25) is 0 Å². The van der Waals surface area contributed by atoms with Crippen molar-refractivity contribution in [2.75, 3.05) is 67.6 Å². The van der Waals surface area contributed by atoms with Gasteiger partial charge in [0.15, 0.2) is 0 Å². The number of ether oxygens (including phenoxy) is 2. The van der Waals surface area contributed by atoms with Crippen LogP contribution in [-0.2, 0) is 9.47 Å². The van der Waals surface area contributed by atoms with Gasteiger partial charge >= 0.3 is 6.09 Å². The van der Waals surface area contributed by atoms with Gasteiger partial charge in [0.1, 0.15) is 5.60 Å². The number of benzene rings is 2. The zero-order valence-corrected chi connectivity index (χ0v) is 23.0. The molecule has 3 aliphatic heterocycles. The summed E-state index contributed by atoms with van der Waals surface area (Å²) in [6.45, 7) is 16.7. The molecule has 8 heteroatoms. The van der Waals surface area contributed by atoms with Crippen LogP contribution in [0.3, 0.4) is 0 Å². The Balaban J connectivity index is 1.35. The van der Waals surface area contributed by atoms with E-state index in [1.807, 2.05) is 37.4 Å². The van der Waals surface area contributed by atoms with E-state index in [2.05, 4.69) is 53.2 Å². The maximum Gasteiger partial charge on any atom is 0.410 e. The Morgan fingerprint density at radius 2 is 1.44 bits per heavy atom. The van der Waals surface area contributed by atoms with Crippen LogP contribution in [0.15, 0.2) is 34.1 Å². The molecule has 0 saturated carbocycles. The molecule has 0 unspecified atom stereocenters. The van der Waals surface area contributed by atoms with Crippen LogP contribution in [0, 0.1) is 13.8 Å². The summed E-state index contributed by atoms with van der Waals surface area (Å²) in [6, 6.07) is 9.20. The largest absolute Gasteiger partial charge is 0.444 e. The van der Waals surface area contributed by atoms with Crippen molar-refractivity contribution in [3.8, 4) is 0 Å². The predicted molar refractivity (Wildman–Crippen MR) is 147 cm³/mol. The number of anilines is 4. The molecular weight excluding hydrogens is 472 g/mol. The molecule has 1 N–H and O–H groups in total. The number of aryl methyl sites for hydroxylation is 2. The second-order valence-electron chi connectivity index (χ2n) is 10.9. The number of rotatable bonds is 2. The Morgan fingerprint density at radius 1 is 0.861 bits per heavy atom. The summed E-state index contributed by atoms with van der Waals surface area (Å²) in [5.74, 6) is 0. The van der Waals surface area contributed by atoms with Crippen molar-refractivity contribution < 1.29 is 14.3 Å². The molecular formula is C28H38N4O3S. The molecule has 0 spiro atoms. The highest BCUT2D eigenvalue weighted by molar-refractivity contribution is 7.99. The number of hydrogen-bond acceptors (Lipinski definition) is 7. The highest BCUT2D eigenvalue weighted by atomic mass is 32.2. The van der Waals surface area contributed by atoms with Gasteiger partial charge in [0, 0.05) is 60.4 Å². The van der Waals surface area contributed by atoms with Gasteiger partial charge in [-0.05, 0) is 76.4 Å². The van der Waals surface area contributed by atoms with Crippen LogP contribution in [0.4, 0.5) is 27.5 Å². The van der Waals surface area contributed by atoms with Gasteiger partial charge in [-0.2, -0.15) is 0 Å². The molecule has 1 amide bonds. The fourth-order valence-corrected chi connectivity index (χ4v) is 6.29. The molecule has 0 aromatic heterocycles. The van der Waals surface area contributed by atoms with Gasteiger partial charge in [-0.25, -0.2) is 4.79 Å². The van der Waals surface area contributed by atoms with Gasteiger partial charge in [-0.3, -0.25) is 0 Å². The summed E-state index contributed by atoms with van der Waals surface area (Å²) in [6.07, 6.45) is 0.708. The minimum Gasteiger partial charge on any atom is -0.444 e. The van der Waals surface area contributed by atoms with Crippen molar-refractivity contribution in [2.24, 2.45) is 0 Å². The van der Waals surface area contributed by atoms with Crippen LogP contribution >= 0.6 is 11.8 Å². The van der Waals surface area contributed by atoms with E-state index in [0.29, 0.717) is 6.54 Å². The molecule has 3 aliphatic rings. The van der Waals surface area contributed by atoms with E-state index in [-0.39, 0.29) is 6.09 Å². The monoisotopic (exact) mass is 510 g/mol. The number of amides is 1. The Labute approximate surface area is 219 Å². The van der Waals surface area contributed by atoms with E-state index >= 15 is 0 Å². The molecule has 2 fully saturated rings. The minimum atomic E-state index is -0.473. The van der Waals surface area contributed by atoms with E-state index in [1.165, 1.54) is 43.7 Å². The number of fused-ring (bicyclic) bond motifs is 2. The SMILES string of the molecule is Cc1cc(N2CCOCC2)cc2c1Nc1c(C)cc(N3CCCN(C(=O)OC(C)(C)C)CC3)cc1S2. The third-order valence-electron chi connectivity index (χ3n) is 6.93. The highest BCUT2D eigenvalue weighted by Crippen LogP contribution is 2.49. The van der Waals surface area contributed by atoms with Crippen LogP contribution in [0.1, 0.15) is 38.3 Å². The van der Waals surface area contributed by atoms with Crippen LogP contribution in [0.25, 0.3) is 0 Å². The predicted octanol–water partition coefficient (Wildman–Crippen LogP) is 5.80. The van der Waals surface area contributed by atoms with Crippen molar-refractivity contribution in [3.05, 3.63) is 35.4 Å². The quantitative estimate of drug-likeness (QED) is 0.468. The van der Waals surface area contributed by atoms with E-state index in [1.54, 1.807) is 0 Å². The lowest BCUT2D eigenvalue weighted by Crippen LogP contribution is -2.39. The number of nitrogens with one attached hydrogen (secondary N) is 1. The standard InChI is InChI=1S/C28H38N4O3S/c1-19-15-21(30-7-6-8-32(10-9-30)27(33)35-28(3,4)5)17-23-25(19)29-26-20(2)16-22(18-24(26)36-23)31-11-13-34-14-12-31/h15-18,29H,6-14H2,1-5H3. The highest BCUT2D eigenvalue weighted by Gasteiger charge is 2.27. The lowest BCUT2D eigenvalue weighted by atomic mass is 10.1. The minimum absolute atomic E-state index is 0.214. The third-order valence-corrected chi connectivity index (χ3v) is 8.01. The summed E-state index contributed by atoms with van der Waals surface area (Å²) >= 11 is 1.85. The van der Waals surface area contributed by atoms with Gasteiger partial charge in [0.05, 0.1) is 24.6 Å². The van der Waals surface area contributed by atoms with Crippen LogP contribution in [-0.4, -0.2) is 69.1 Å². The zero-order chi connectivity index (χ0) is 25.4. The molecule has 3 heterocycles. The number of carbonyl (C=O) groups excluding carboxylic acids is 1. The van der Waals surface area contributed by atoms with E-state index in [9.17, 15) is 4.79 Å². The molecule has 2 aromatic carbocycles. The first-order valence-electron chi connectivity index (χ1n) is 13.0. The maximum atomic E-state index is 12.6. The van der Waals surface area contributed by atoms with E-state index in [0.717, 1.165) is 52.4 Å². The molecule has 0 atom stereocenters. The molecule has 2 saturated heterocycles. The number of morpholine rings is 1. The molecule has 194 valence electrons. The molecule has 2 aromatic rings. The van der Waals surface area contributed by atoms with Gasteiger partial charge in [0.25, 0.3) is 0 Å². The zero-order valence-electron chi connectivity index (χ0n) is 22.1. The third kappa shape index (κ3) is 5.39. The van der Waals surface area contributed by atoms with E-state index < -0.39 is 5.60 Å². The van der Waals surface area contributed by atoms with Crippen molar-refractivity contribution in [2.45, 2.75) is 56.4 Å². The summed E-state index contributed by atoms with van der Waals surface area (Å²) < 4.78 is 11.2. The summed E-state index contributed by atoms with van der Waals surface area (Å²) in [5.41, 5.74) is 6.94. The number of nitrogens with zero attached hydrogens (tertiary/aromatic N) is 3. The van der Waals surface area contributed by atoms with Gasteiger partial charge in [-0.1, -0.05) is 11.8 Å². The average Bonchev–Trinajstić information content (AvgIpc) is 3.09. The van der Waals surface area contributed by atoms with E-state index in [4.69, 9.17) is 9.47 Å². The normalized spacial score (nSPS) is 18.2. The van der Waals surface area contributed by atoms with Crippen molar-refractivity contribution >= 4 is 40.6 Å². The smallest absolute Gasteiger partial charge is 0.410 e. The first kappa shape index (κ1) is 25.1. The van der Waals surface area contributed by atoms with Crippen molar-refractivity contribution in [3.63, 3.8) is 0 Å². The maximum absolute atomic E-state index is 12.6. The Hall–Kier alpha value is -2.58. The van der Waals surface area contributed by atoms with Crippen LogP contribution in [0.5, 0.6) is 0 Å². The fourth-order valence-electron chi connectivity index (χ4n) is 5.07. The van der Waals surface area contributed by atoms with Crippen molar-refractivity contribution in [1.29, 1.82) is 0 Å². The van der Waals surface area contributed by atoms with Crippen LogP contribution < -0.4 is 15.1 Å². The fraction of sp³-hybridized carbons (Fsp3) is 0.536. The molecule has 0 aliphatic carbocycles. The lowest BCUT2D eigenvalue weighted by molar-refractivity contribution is 0.0263. The summed E-state index contributed by atoms with van der Waals surface area (Å²) in [4.78, 5) is 21.8. The van der Waals surface area contributed by atoms with Gasteiger partial charge < -0.3 is 29.5 Å². The first-order chi connectivity index (χ1) is 17.2. The van der Waals surface area contributed by atoms with Gasteiger partial charge in [-0.15, -0.1) is 0 Å². The second-order valence-corrected chi connectivity index (χ2v) is 12.0. The Kier molecular flexibility index (Phi) is 7.01. The molecule has 0 bridgehead atoms. The number of hydrogen-bond donors (Lipinski definition) is 1. The molecule has 7 nitrogen and oxygen atoms in total. The topological polar surface area (TPSA) is 57.3 Å².